The summed E-state index contributed by atoms with van der Waals surface area (Å²) in [6.45, 7) is 2.02. The Bertz CT molecular complexity index is 204. The molecule has 0 N–H and O–H groups in total. The van der Waals surface area contributed by atoms with Gasteiger partial charge in [0.05, 0.1) is 6.07 Å². The van der Waals surface area contributed by atoms with E-state index in [4.69, 9.17) is 5.26 Å². The molecule has 1 aliphatic rings. The maximum atomic E-state index is 11.3. The molecule has 0 saturated heterocycles. The molecule has 0 spiro atoms. The van der Waals surface area contributed by atoms with Crippen molar-refractivity contribution in [1.29, 1.82) is 5.26 Å². The van der Waals surface area contributed by atoms with E-state index in [-0.39, 0.29) is 5.78 Å². The van der Waals surface area contributed by atoms with Crippen LogP contribution < -0.4 is 0 Å². The standard InChI is InChI=1S/C9H13NO/c1-2-5-9(7-10)6-3-4-8(9)11/h2-6H2,1H3. The first-order chi connectivity index (χ1) is 5.25. The molecule has 0 heterocycles. The summed E-state index contributed by atoms with van der Waals surface area (Å²) in [5, 5.41) is 8.85. The van der Waals surface area contributed by atoms with Crippen molar-refractivity contribution in [3.8, 4) is 6.07 Å². The Morgan fingerprint density at radius 1 is 1.73 bits per heavy atom. The first-order valence-electron chi connectivity index (χ1n) is 4.20. The van der Waals surface area contributed by atoms with Gasteiger partial charge in [-0.15, -0.1) is 0 Å². The fourth-order valence-electron chi connectivity index (χ4n) is 1.79. The summed E-state index contributed by atoms with van der Waals surface area (Å²) in [6, 6.07) is 2.18. The van der Waals surface area contributed by atoms with Gasteiger partial charge in [-0.05, 0) is 19.3 Å². The van der Waals surface area contributed by atoms with Crippen molar-refractivity contribution < 1.29 is 4.79 Å². The molecule has 1 unspecified atom stereocenters. The van der Waals surface area contributed by atoms with Gasteiger partial charge in [-0.3, -0.25) is 4.79 Å². The number of hydrogen-bond donors (Lipinski definition) is 0. The number of nitriles is 1. The van der Waals surface area contributed by atoms with Gasteiger partial charge in [-0.25, -0.2) is 0 Å². The van der Waals surface area contributed by atoms with Crippen molar-refractivity contribution in [1.82, 2.24) is 0 Å². The fraction of sp³-hybridized carbons (Fsp3) is 0.778. The van der Waals surface area contributed by atoms with Crippen LogP contribution in [0.3, 0.4) is 0 Å². The van der Waals surface area contributed by atoms with Crippen LogP contribution in [0.2, 0.25) is 0 Å². The lowest BCUT2D eigenvalue weighted by molar-refractivity contribution is -0.123. The van der Waals surface area contributed by atoms with Gasteiger partial charge in [0.15, 0.2) is 5.78 Å². The van der Waals surface area contributed by atoms with Gasteiger partial charge in [0.1, 0.15) is 5.41 Å². The monoisotopic (exact) mass is 151 g/mol. The van der Waals surface area contributed by atoms with E-state index >= 15 is 0 Å². The highest BCUT2D eigenvalue weighted by atomic mass is 16.1. The van der Waals surface area contributed by atoms with Crippen molar-refractivity contribution >= 4 is 5.78 Å². The summed E-state index contributed by atoms with van der Waals surface area (Å²) in [4.78, 5) is 11.3. The molecule has 1 aliphatic carbocycles. The summed E-state index contributed by atoms with van der Waals surface area (Å²) < 4.78 is 0. The lowest BCUT2D eigenvalue weighted by Gasteiger charge is -2.16. The number of Topliss-reactive ketones (excluding diaryl/α,β-unsaturated/α-hetero) is 1. The summed E-state index contributed by atoms with van der Waals surface area (Å²) in [5.74, 6) is 0.168. The Hall–Kier alpha value is -0.840. The van der Waals surface area contributed by atoms with Gasteiger partial charge >= 0.3 is 0 Å². The van der Waals surface area contributed by atoms with Crippen molar-refractivity contribution in [2.45, 2.75) is 39.0 Å². The Morgan fingerprint density at radius 3 is 2.82 bits per heavy atom. The molecular weight excluding hydrogens is 138 g/mol. The Balaban J connectivity index is 2.75. The maximum Gasteiger partial charge on any atom is 0.153 e. The SMILES string of the molecule is CCCC1(C#N)CCCC1=O. The van der Waals surface area contributed by atoms with Gasteiger partial charge < -0.3 is 0 Å². The van der Waals surface area contributed by atoms with Gasteiger partial charge in [0.25, 0.3) is 0 Å². The molecule has 1 atom stereocenters. The highest BCUT2D eigenvalue weighted by Gasteiger charge is 2.41. The number of carbonyl (C=O) groups excluding carboxylic acids is 1. The van der Waals surface area contributed by atoms with Crippen LogP contribution in [0.15, 0.2) is 0 Å². The smallest absolute Gasteiger partial charge is 0.153 e. The molecule has 1 rings (SSSR count). The van der Waals surface area contributed by atoms with Crippen molar-refractivity contribution in [2.24, 2.45) is 5.41 Å². The van der Waals surface area contributed by atoms with Crippen molar-refractivity contribution in [2.75, 3.05) is 0 Å². The number of carbonyl (C=O) groups is 1. The van der Waals surface area contributed by atoms with E-state index in [2.05, 4.69) is 6.07 Å². The largest absolute Gasteiger partial charge is 0.298 e. The molecule has 1 saturated carbocycles. The Labute approximate surface area is 67.2 Å². The predicted molar refractivity (Wildman–Crippen MR) is 41.8 cm³/mol. The second-order valence-electron chi connectivity index (χ2n) is 3.22. The van der Waals surface area contributed by atoms with E-state index in [9.17, 15) is 4.79 Å². The van der Waals surface area contributed by atoms with Crippen LogP contribution in [0.25, 0.3) is 0 Å². The first-order valence-corrected chi connectivity index (χ1v) is 4.20. The number of hydrogen-bond acceptors (Lipinski definition) is 2. The fourth-order valence-corrected chi connectivity index (χ4v) is 1.79. The Morgan fingerprint density at radius 2 is 2.45 bits per heavy atom. The van der Waals surface area contributed by atoms with Gasteiger partial charge in [0, 0.05) is 6.42 Å². The molecule has 2 heteroatoms. The third-order valence-corrected chi connectivity index (χ3v) is 2.43. The van der Waals surface area contributed by atoms with Crippen LogP contribution in [-0.2, 0) is 4.79 Å². The lowest BCUT2D eigenvalue weighted by Crippen LogP contribution is -2.22. The van der Waals surface area contributed by atoms with Crippen LogP contribution in [0.5, 0.6) is 0 Å². The molecule has 0 bridgehead atoms. The lowest BCUT2D eigenvalue weighted by atomic mass is 9.82. The van der Waals surface area contributed by atoms with Crippen molar-refractivity contribution in [3.63, 3.8) is 0 Å². The van der Waals surface area contributed by atoms with E-state index in [0.717, 1.165) is 25.7 Å². The molecule has 1 fully saturated rings. The predicted octanol–water partition coefficient (Wildman–Crippen LogP) is 2.05. The summed E-state index contributed by atoms with van der Waals surface area (Å²) >= 11 is 0. The zero-order valence-electron chi connectivity index (χ0n) is 6.89. The number of ketones is 1. The summed E-state index contributed by atoms with van der Waals surface area (Å²) in [5.41, 5.74) is -0.589. The third-order valence-electron chi connectivity index (χ3n) is 2.43. The summed E-state index contributed by atoms with van der Waals surface area (Å²) in [6.07, 6.45) is 4.00. The minimum Gasteiger partial charge on any atom is -0.298 e. The zero-order chi connectivity index (χ0) is 8.32. The minimum atomic E-state index is -0.589. The molecule has 0 radical (unpaired) electrons. The quantitative estimate of drug-likeness (QED) is 0.606. The van der Waals surface area contributed by atoms with Crippen molar-refractivity contribution in [3.05, 3.63) is 0 Å². The topological polar surface area (TPSA) is 40.9 Å². The van der Waals surface area contributed by atoms with Crippen LogP contribution in [0, 0.1) is 16.7 Å². The second-order valence-corrected chi connectivity index (χ2v) is 3.22. The summed E-state index contributed by atoms with van der Waals surface area (Å²) in [7, 11) is 0. The maximum absolute atomic E-state index is 11.3. The van der Waals surface area contributed by atoms with Crippen LogP contribution >= 0.6 is 0 Å². The molecule has 0 aromatic heterocycles. The molecule has 0 amide bonds. The van der Waals surface area contributed by atoms with E-state index in [1.54, 1.807) is 0 Å². The zero-order valence-corrected chi connectivity index (χ0v) is 6.89. The van der Waals surface area contributed by atoms with E-state index < -0.39 is 5.41 Å². The highest BCUT2D eigenvalue weighted by Crippen LogP contribution is 2.38. The highest BCUT2D eigenvalue weighted by molar-refractivity contribution is 5.89. The number of rotatable bonds is 2. The molecule has 11 heavy (non-hydrogen) atoms. The van der Waals surface area contributed by atoms with Crippen LogP contribution in [-0.4, -0.2) is 5.78 Å². The number of nitrogens with zero attached hydrogens (tertiary/aromatic N) is 1. The molecule has 0 aliphatic heterocycles. The normalized spacial score (nSPS) is 30.4. The molecule has 0 aromatic carbocycles. The third kappa shape index (κ3) is 1.28. The molecule has 60 valence electrons. The molecule has 0 aromatic rings. The van der Waals surface area contributed by atoms with E-state index in [0.29, 0.717) is 6.42 Å². The van der Waals surface area contributed by atoms with Gasteiger partial charge in [-0.1, -0.05) is 13.3 Å². The average molecular weight is 151 g/mol. The van der Waals surface area contributed by atoms with Gasteiger partial charge in [-0.2, -0.15) is 5.26 Å². The molecular formula is C9H13NO. The van der Waals surface area contributed by atoms with Gasteiger partial charge in [0.2, 0.25) is 0 Å². The second kappa shape index (κ2) is 3.04. The van der Waals surface area contributed by atoms with E-state index in [1.807, 2.05) is 6.92 Å². The molecule has 2 nitrogen and oxygen atoms in total. The Kier molecular flexibility index (Phi) is 2.28. The average Bonchev–Trinajstić information content (AvgIpc) is 2.35. The van der Waals surface area contributed by atoms with Crippen LogP contribution in [0.1, 0.15) is 39.0 Å². The van der Waals surface area contributed by atoms with E-state index in [1.165, 1.54) is 0 Å². The minimum absolute atomic E-state index is 0.168. The van der Waals surface area contributed by atoms with Crippen LogP contribution in [0.4, 0.5) is 0 Å². The first kappa shape index (κ1) is 8.26.